The molecule has 0 aliphatic rings. The van der Waals surface area contributed by atoms with Gasteiger partial charge in [-0.15, -0.1) is 22.7 Å². The molecule has 0 fully saturated rings. The van der Waals surface area contributed by atoms with Crippen molar-refractivity contribution in [2.75, 3.05) is 0 Å². The van der Waals surface area contributed by atoms with Crippen molar-refractivity contribution in [1.82, 2.24) is 15.0 Å². The molecule has 114 valence electrons. The molecule has 22 heavy (non-hydrogen) atoms. The fourth-order valence-electron chi connectivity index (χ4n) is 1.78. The summed E-state index contributed by atoms with van der Waals surface area (Å²) in [7, 11) is 0. The smallest absolute Gasteiger partial charge is 0.304 e. The molecule has 4 nitrogen and oxygen atoms in total. The molecule has 0 spiro atoms. The number of aromatic nitrogens is 3. The molecular weight excluding hydrogens is 335 g/mol. The molecule has 0 saturated carbocycles. The van der Waals surface area contributed by atoms with E-state index in [2.05, 4.69) is 15.0 Å². The summed E-state index contributed by atoms with van der Waals surface area (Å²) in [4.78, 5) is 22.3. The fraction of sp³-hybridized carbons (Fsp3) is 0.154. The predicted octanol–water partition coefficient (Wildman–Crippen LogP) is 3.95. The number of nitrogens with one attached hydrogen (secondary N) is 1. The average molecular weight is 343 g/mol. The first kappa shape index (κ1) is 14.9. The molecule has 3 rings (SSSR count). The highest BCUT2D eigenvalue weighted by Crippen LogP contribution is 2.37. The Kier molecular flexibility index (Phi) is 3.61. The number of aryl methyl sites for hydroxylation is 1. The lowest BCUT2D eigenvalue weighted by molar-refractivity contribution is -0.134. The van der Waals surface area contributed by atoms with Gasteiger partial charge in [0.05, 0.1) is 10.6 Å². The molecule has 0 amide bonds. The fourth-order valence-corrected chi connectivity index (χ4v) is 3.35. The Morgan fingerprint density at radius 3 is 2.59 bits per heavy atom. The maximum atomic E-state index is 12.7. The van der Waals surface area contributed by atoms with E-state index in [1.807, 2.05) is 0 Å². The number of nitrogens with zero attached hydrogens (tertiary/aromatic N) is 2. The van der Waals surface area contributed by atoms with Crippen LogP contribution in [0, 0.1) is 6.92 Å². The summed E-state index contributed by atoms with van der Waals surface area (Å²) in [6.45, 7) is 1.80. The lowest BCUT2D eigenvalue weighted by Gasteiger charge is -2.02. The van der Waals surface area contributed by atoms with Gasteiger partial charge in [0.25, 0.3) is 5.56 Å². The zero-order valence-corrected chi connectivity index (χ0v) is 12.7. The van der Waals surface area contributed by atoms with Crippen molar-refractivity contribution in [2.24, 2.45) is 0 Å². The summed E-state index contributed by atoms with van der Waals surface area (Å²) < 4.78 is 38.0. The van der Waals surface area contributed by atoms with Crippen LogP contribution < -0.4 is 5.56 Å². The number of H-pyrrole nitrogens is 1. The van der Waals surface area contributed by atoms with Crippen LogP contribution >= 0.6 is 22.7 Å². The number of alkyl halides is 3. The molecular formula is C13H8F3N3OS2. The van der Waals surface area contributed by atoms with Crippen LogP contribution in [0.3, 0.4) is 0 Å². The molecule has 0 aliphatic heterocycles. The predicted molar refractivity (Wildman–Crippen MR) is 79.0 cm³/mol. The SMILES string of the molecule is Cc1csc(-c2nc(-c3ccc(C(F)(F)F)s3)cc(=O)[nH]2)n1. The summed E-state index contributed by atoms with van der Waals surface area (Å²) in [5, 5.41) is 2.32. The monoisotopic (exact) mass is 343 g/mol. The van der Waals surface area contributed by atoms with Crippen LogP contribution in [0.15, 0.2) is 28.4 Å². The van der Waals surface area contributed by atoms with E-state index < -0.39 is 16.6 Å². The van der Waals surface area contributed by atoms with Gasteiger partial charge in [-0.05, 0) is 19.1 Å². The Balaban J connectivity index is 2.06. The maximum Gasteiger partial charge on any atom is 0.425 e. The Morgan fingerprint density at radius 2 is 2.00 bits per heavy atom. The summed E-state index contributed by atoms with van der Waals surface area (Å²) in [5.74, 6) is 0.252. The van der Waals surface area contributed by atoms with Crippen LogP contribution in [0.4, 0.5) is 13.2 Å². The minimum Gasteiger partial charge on any atom is -0.304 e. The molecule has 0 aliphatic carbocycles. The maximum absolute atomic E-state index is 12.7. The van der Waals surface area contributed by atoms with E-state index in [0.717, 1.165) is 11.8 Å². The standard InChI is InChI=1S/C13H8F3N3OS2/c1-6-5-21-12(17-6)11-18-7(4-10(20)19-11)8-2-3-9(22-8)13(14,15)16/h2-5H,1H3,(H,18,19,20). The van der Waals surface area contributed by atoms with Crippen molar-refractivity contribution < 1.29 is 13.2 Å². The van der Waals surface area contributed by atoms with Crippen molar-refractivity contribution >= 4 is 22.7 Å². The number of halogens is 3. The molecule has 0 radical (unpaired) electrons. The van der Waals surface area contributed by atoms with Gasteiger partial charge in [0, 0.05) is 17.1 Å². The Hall–Kier alpha value is -2.00. The van der Waals surface area contributed by atoms with Gasteiger partial charge in [0.1, 0.15) is 4.88 Å². The Morgan fingerprint density at radius 1 is 1.23 bits per heavy atom. The van der Waals surface area contributed by atoms with Crippen LogP contribution in [-0.4, -0.2) is 15.0 Å². The number of hydrogen-bond donors (Lipinski definition) is 1. The molecule has 0 atom stereocenters. The van der Waals surface area contributed by atoms with Gasteiger partial charge in [-0.1, -0.05) is 0 Å². The normalized spacial score (nSPS) is 11.8. The highest BCUT2D eigenvalue weighted by Gasteiger charge is 2.32. The number of hydrogen-bond acceptors (Lipinski definition) is 5. The van der Waals surface area contributed by atoms with Crippen LogP contribution in [-0.2, 0) is 6.18 Å². The molecule has 1 N–H and O–H groups in total. The summed E-state index contributed by atoms with van der Waals surface area (Å²) >= 11 is 1.86. The number of aromatic amines is 1. The quantitative estimate of drug-likeness (QED) is 0.766. The third kappa shape index (κ3) is 2.95. The summed E-state index contributed by atoms with van der Waals surface area (Å²) in [6.07, 6.45) is -4.40. The highest BCUT2D eigenvalue weighted by molar-refractivity contribution is 7.15. The zero-order valence-electron chi connectivity index (χ0n) is 11.1. The number of thiophene rings is 1. The Bertz CT molecular complexity index is 879. The first-order valence-electron chi connectivity index (χ1n) is 6.04. The van der Waals surface area contributed by atoms with Gasteiger partial charge in [0.2, 0.25) is 0 Å². The molecule has 0 unspecified atom stereocenters. The van der Waals surface area contributed by atoms with E-state index in [4.69, 9.17) is 0 Å². The summed E-state index contributed by atoms with van der Waals surface area (Å²) in [5.41, 5.74) is 0.547. The van der Waals surface area contributed by atoms with E-state index in [1.54, 1.807) is 12.3 Å². The average Bonchev–Trinajstić information content (AvgIpc) is 3.05. The number of thiazole rings is 1. The lowest BCUT2D eigenvalue weighted by Crippen LogP contribution is -2.08. The van der Waals surface area contributed by atoms with Gasteiger partial charge in [-0.3, -0.25) is 4.79 Å². The summed E-state index contributed by atoms with van der Waals surface area (Å²) in [6, 6.07) is 3.47. The van der Waals surface area contributed by atoms with E-state index >= 15 is 0 Å². The van der Waals surface area contributed by atoms with Gasteiger partial charge in [-0.25, -0.2) is 9.97 Å². The molecule has 0 saturated heterocycles. The highest BCUT2D eigenvalue weighted by atomic mass is 32.1. The van der Waals surface area contributed by atoms with Crippen LogP contribution in [0.5, 0.6) is 0 Å². The Labute approximate surface area is 130 Å². The first-order chi connectivity index (χ1) is 10.3. The van der Waals surface area contributed by atoms with Crippen LogP contribution in [0.2, 0.25) is 0 Å². The van der Waals surface area contributed by atoms with E-state index in [-0.39, 0.29) is 16.4 Å². The van der Waals surface area contributed by atoms with Crippen molar-refractivity contribution in [2.45, 2.75) is 13.1 Å². The molecule has 0 aromatic carbocycles. The van der Waals surface area contributed by atoms with Crippen molar-refractivity contribution in [1.29, 1.82) is 0 Å². The van der Waals surface area contributed by atoms with Crippen LogP contribution in [0.1, 0.15) is 10.6 Å². The van der Waals surface area contributed by atoms with Crippen molar-refractivity contribution in [3.63, 3.8) is 0 Å². The lowest BCUT2D eigenvalue weighted by atomic mass is 10.3. The van der Waals surface area contributed by atoms with Gasteiger partial charge in [-0.2, -0.15) is 13.2 Å². The van der Waals surface area contributed by atoms with E-state index in [0.29, 0.717) is 16.3 Å². The van der Waals surface area contributed by atoms with E-state index in [9.17, 15) is 18.0 Å². The van der Waals surface area contributed by atoms with Crippen LogP contribution in [0.25, 0.3) is 21.4 Å². The first-order valence-corrected chi connectivity index (χ1v) is 7.74. The minimum atomic E-state index is -4.40. The second kappa shape index (κ2) is 5.33. The third-order valence-electron chi connectivity index (χ3n) is 2.70. The van der Waals surface area contributed by atoms with Gasteiger partial charge < -0.3 is 4.98 Å². The second-order valence-electron chi connectivity index (χ2n) is 4.43. The molecule has 3 aromatic heterocycles. The largest absolute Gasteiger partial charge is 0.425 e. The second-order valence-corrected chi connectivity index (χ2v) is 6.38. The van der Waals surface area contributed by atoms with Crippen molar-refractivity contribution in [3.05, 3.63) is 44.5 Å². The molecule has 0 bridgehead atoms. The molecule has 9 heteroatoms. The molecule has 3 aromatic rings. The minimum absolute atomic E-state index is 0.201. The van der Waals surface area contributed by atoms with Crippen molar-refractivity contribution in [3.8, 4) is 21.4 Å². The van der Waals surface area contributed by atoms with E-state index in [1.165, 1.54) is 23.5 Å². The third-order valence-corrected chi connectivity index (χ3v) is 4.82. The molecule has 3 heterocycles. The van der Waals surface area contributed by atoms with Gasteiger partial charge >= 0.3 is 6.18 Å². The zero-order chi connectivity index (χ0) is 15.9. The van der Waals surface area contributed by atoms with Gasteiger partial charge in [0.15, 0.2) is 10.8 Å². The topological polar surface area (TPSA) is 58.6 Å². The number of rotatable bonds is 2.